The molecule has 0 radical (unpaired) electrons. The molecule has 0 bridgehead atoms. The Hall–Kier alpha value is -0.650. The molecule has 1 unspecified atom stereocenters. The minimum Gasteiger partial charge on any atom is -0.352 e. The van der Waals surface area contributed by atoms with Crippen LogP contribution in [-0.4, -0.2) is 73.1 Å². The highest BCUT2D eigenvalue weighted by atomic mass is 16.2. The second-order valence-corrected chi connectivity index (χ2v) is 5.85. The first-order valence-corrected chi connectivity index (χ1v) is 7.23. The summed E-state index contributed by atoms with van der Waals surface area (Å²) >= 11 is 0. The molecule has 102 valence electrons. The first-order valence-electron chi connectivity index (χ1n) is 7.23. The Labute approximate surface area is 109 Å². The lowest BCUT2D eigenvalue weighted by Crippen LogP contribution is -2.66. The molecule has 1 saturated carbocycles. The number of nitrogens with one attached hydrogen (secondary N) is 2. The van der Waals surface area contributed by atoms with Gasteiger partial charge >= 0.3 is 0 Å². The number of nitrogens with zero attached hydrogens (tertiary/aromatic N) is 2. The van der Waals surface area contributed by atoms with E-state index in [1.807, 2.05) is 6.92 Å². The second kappa shape index (κ2) is 5.15. The molecule has 2 aliphatic heterocycles. The maximum atomic E-state index is 11.9. The Bertz CT molecular complexity index is 306. The van der Waals surface area contributed by atoms with E-state index in [0.717, 1.165) is 39.3 Å². The van der Waals surface area contributed by atoms with Crippen molar-refractivity contribution in [1.82, 2.24) is 20.4 Å². The summed E-state index contributed by atoms with van der Waals surface area (Å²) in [5, 5.41) is 6.47. The summed E-state index contributed by atoms with van der Waals surface area (Å²) in [5.74, 6) is 0.219. The van der Waals surface area contributed by atoms with Gasteiger partial charge < -0.3 is 10.6 Å². The van der Waals surface area contributed by atoms with Crippen molar-refractivity contribution in [3.63, 3.8) is 0 Å². The van der Waals surface area contributed by atoms with Crippen LogP contribution < -0.4 is 10.6 Å². The highest BCUT2D eigenvalue weighted by Crippen LogP contribution is 2.21. The van der Waals surface area contributed by atoms with Crippen molar-refractivity contribution in [3.8, 4) is 0 Å². The summed E-state index contributed by atoms with van der Waals surface area (Å²) in [7, 11) is 0. The van der Waals surface area contributed by atoms with Crippen LogP contribution in [0.5, 0.6) is 0 Å². The smallest absolute Gasteiger partial charge is 0.237 e. The average molecular weight is 252 g/mol. The molecule has 0 aromatic carbocycles. The number of likely N-dealkylation sites (tertiary alicyclic amines) is 1. The van der Waals surface area contributed by atoms with Crippen molar-refractivity contribution in [2.75, 3.05) is 39.3 Å². The van der Waals surface area contributed by atoms with Crippen LogP contribution in [0.2, 0.25) is 0 Å². The molecule has 0 aromatic rings. The molecule has 1 aliphatic carbocycles. The number of rotatable bonds is 4. The number of piperazine rings is 1. The lowest BCUT2D eigenvalue weighted by molar-refractivity contribution is -0.129. The SMILES string of the molecule is CC(C(=O)NC1CC1)N1CC(N2CCNCC2)C1. The largest absolute Gasteiger partial charge is 0.352 e. The number of carbonyl (C=O) groups is 1. The van der Waals surface area contributed by atoms with Gasteiger partial charge in [0.25, 0.3) is 0 Å². The van der Waals surface area contributed by atoms with Crippen LogP contribution in [-0.2, 0) is 4.79 Å². The van der Waals surface area contributed by atoms with Crippen molar-refractivity contribution in [2.24, 2.45) is 0 Å². The Morgan fingerprint density at radius 1 is 1.28 bits per heavy atom. The second-order valence-electron chi connectivity index (χ2n) is 5.85. The van der Waals surface area contributed by atoms with Crippen LogP contribution >= 0.6 is 0 Å². The van der Waals surface area contributed by atoms with Gasteiger partial charge in [0, 0.05) is 51.4 Å². The highest BCUT2D eigenvalue weighted by Gasteiger charge is 2.37. The summed E-state index contributed by atoms with van der Waals surface area (Å²) in [4.78, 5) is 16.8. The molecule has 18 heavy (non-hydrogen) atoms. The molecule has 3 aliphatic rings. The van der Waals surface area contributed by atoms with Crippen LogP contribution in [0.15, 0.2) is 0 Å². The van der Waals surface area contributed by atoms with Crippen molar-refractivity contribution < 1.29 is 4.79 Å². The summed E-state index contributed by atoms with van der Waals surface area (Å²) in [6, 6.07) is 1.19. The highest BCUT2D eigenvalue weighted by molar-refractivity contribution is 5.82. The van der Waals surface area contributed by atoms with Gasteiger partial charge in [0.1, 0.15) is 0 Å². The first kappa shape index (κ1) is 12.4. The fourth-order valence-electron chi connectivity index (χ4n) is 2.80. The van der Waals surface area contributed by atoms with Crippen molar-refractivity contribution in [2.45, 2.75) is 37.9 Å². The third-order valence-electron chi connectivity index (χ3n) is 4.41. The lowest BCUT2D eigenvalue weighted by atomic mass is 10.0. The van der Waals surface area contributed by atoms with Crippen molar-refractivity contribution in [1.29, 1.82) is 0 Å². The van der Waals surface area contributed by atoms with Crippen molar-refractivity contribution in [3.05, 3.63) is 0 Å². The monoisotopic (exact) mass is 252 g/mol. The Morgan fingerprint density at radius 3 is 2.56 bits per heavy atom. The molecular weight excluding hydrogens is 228 g/mol. The van der Waals surface area contributed by atoms with Gasteiger partial charge in [-0.1, -0.05) is 0 Å². The van der Waals surface area contributed by atoms with Crippen LogP contribution in [0.1, 0.15) is 19.8 Å². The van der Waals surface area contributed by atoms with Crippen molar-refractivity contribution >= 4 is 5.91 Å². The number of hydrogen-bond donors (Lipinski definition) is 2. The molecule has 2 saturated heterocycles. The normalized spacial score (nSPS) is 28.7. The van der Waals surface area contributed by atoms with E-state index in [1.54, 1.807) is 0 Å². The van der Waals surface area contributed by atoms with Gasteiger partial charge in [-0.3, -0.25) is 14.6 Å². The Morgan fingerprint density at radius 2 is 1.94 bits per heavy atom. The zero-order chi connectivity index (χ0) is 12.5. The summed E-state index contributed by atoms with van der Waals surface area (Å²) in [6.45, 7) is 8.66. The summed E-state index contributed by atoms with van der Waals surface area (Å²) in [6.07, 6.45) is 2.34. The predicted molar refractivity (Wildman–Crippen MR) is 70.4 cm³/mol. The molecule has 3 rings (SSSR count). The van der Waals surface area contributed by atoms with Crippen LogP contribution in [0.3, 0.4) is 0 Å². The molecule has 2 heterocycles. The van der Waals surface area contributed by atoms with Gasteiger partial charge in [0.2, 0.25) is 5.91 Å². The van der Waals surface area contributed by atoms with E-state index in [-0.39, 0.29) is 11.9 Å². The van der Waals surface area contributed by atoms with Crippen LogP contribution in [0, 0.1) is 0 Å². The molecule has 0 spiro atoms. The van der Waals surface area contributed by atoms with E-state index in [2.05, 4.69) is 20.4 Å². The van der Waals surface area contributed by atoms with E-state index in [0.29, 0.717) is 12.1 Å². The molecule has 1 amide bonds. The zero-order valence-electron chi connectivity index (χ0n) is 11.2. The van der Waals surface area contributed by atoms with Gasteiger partial charge in [0.15, 0.2) is 0 Å². The van der Waals surface area contributed by atoms with Crippen LogP contribution in [0.4, 0.5) is 0 Å². The van der Waals surface area contributed by atoms with Gasteiger partial charge in [0.05, 0.1) is 6.04 Å². The predicted octanol–water partition coefficient (Wildman–Crippen LogP) is -0.757. The van der Waals surface area contributed by atoms with E-state index in [1.165, 1.54) is 12.8 Å². The standard InChI is InChI=1S/C13H24N4O/c1-10(13(18)15-11-2-3-11)17-8-12(9-17)16-6-4-14-5-7-16/h10-12,14H,2-9H2,1H3,(H,15,18). The van der Waals surface area contributed by atoms with E-state index >= 15 is 0 Å². The van der Waals surface area contributed by atoms with E-state index in [9.17, 15) is 4.79 Å². The van der Waals surface area contributed by atoms with Gasteiger partial charge in [-0.2, -0.15) is 0 Å². The number of hydrogen-bond acceptors (Lipinski definition) is 4. The Balaban J connectivity index is 1.41. The van der Waals surface area contributed by atoms with E-state index in [4.69, 9.17) is 0 Å². The summed E-state index contributed by atoms with van der Waals surface area (Å²) in [5.41, 5.74) is 0. The maximum absolute atomic E-state index is 11.9. The molecule has 1 atom stereocenters. The number of carbonyl (C=O) groups excluding carboxylic acids is 1. The molecule has 3 fully saturated rings. The lowest BCUT2D eigenvalue weighted by Gasteiger charge is -2.48. The van der Waals surface area contributed by atoms with Gasteiger partial charge in [-0.05, 0) is 19.8 Å². The quantitative estimate of drug-likeness (QED) is 0.691. The topological polar surface area (TPSA) is 47.6 Å². The average Bonchev–Trinajstić information content (AvgIpc) is 3.12. The fourth-order valence-corrected chi connectivity index (χ4v) is 2.80. The van der Waals surface area contributed by atoms with Crippen LogP contribution in [0.25, 0.3) is 0 Å². The number of amides is 1. The summed E-state index contributed by atoms with van der Waals surface area (Å²) < 4.78 is 0. The zero-order valence-corrected chi connectivity index (χ0v) is 11.2. The fraction of sp³-hybridized carbons (Fsp3) is 0.923. The van der Waals surface area contributed by atoms with Gasteiger partial charge in [-0.25, -0.2) is 0 Å². The van der Waals surface area contributed by atoms with E-state index < -0.39 is 0 Å². The third kappa shape index (κ3) is 2.68. The Kier molecular flexibility index (Phi) is 3.54. The minimum absolute atomic E-state index is 0.0461. The molecule has 5 nitrogen and oxygen atoms in total. The maximum Gasteiger partial charge on any atom is 0.237 e. The molecule has 0 aromatic heterocycles. The minimum atomic E-state index is 0.0461. The molecule has 2 N–H and O–H groups in total. The first-order chi connectivity index (χ1) is 8.74. The molecular formula is C13H24N4O. The molecule has 5 heteroatoms. The third-order valence-corrected chi connectivity index (χ3v) is 4.41. The van der Waals surface area contributed by atoms with Gasteiger partial charge in [-0.15, -0.1) is 0 Å².